The van der Waals surface area contributed by atoms with Gasteiger partial charge in [0.25, 0.3) is 0 Å². The zero-order valence-corrected chi connectivity index (χ0v) is 9.10. The summed E-state index contributed by atoms with van der Waals surface area (Å²) in [5.74, 6) is 0. The molecule has 0 aromatic carbocycles. The molecule has 0 aliphatic carbocycles. The predicted molar refractivity (Wildman–Crippen MR) is 55.0 cm³/mol. The average Bonchev–Trinajstić information content (AvgIpc) is 2.12. The fraction of sp³-hybridized carbons (Fsp3) is 1.00. The van der Waals surface area contributed by atoms with Gasteiger partial charge >= 0.3 is 0 Å². The van der Waals surface area contributed by atoms with Gasteiger partial charge in [-0.05, 0) is 39.9 Å². The van der Waals surface area contributed by atoms with Gasteiger partial charge in [0.1, 0.15) is 0 Å². The smallest absolute Gasteiger partial charge is 0.0587 e. The molecule has 3 heteroatoms. The summed E-state index contributed by atoms with van der Waals surface area (Å²) in [5.41, 5.74) is 0.338. The van der Waals surface area contributed by atoms with Crippen molar-refractivity contribution in [3.05, 3.63) is 0 Å². The zero-order valence-electron chi connectivity index (χ0n) is 9.10. The number of methoxy groups -OCH3 is 1. The number of piperidine rings is 1. The summed E-state index contributed by atoms with van der Waals surface area (Å²) < 4.78 is 5.03. The van der Waals surface area contributed by atoms with Crippen LogP contribution < -0.4 is 5.32 Å². The Hall–Kier alpha value is -0.120. The van der Waals surface area contributed by atoms with Crippen molar-refractivity contribution in [1.82, 2.24) is 10.2 Å². The van der Waals surface area contributed by atoms with Crippen LogP contribution in [0.2, 0.25) is 0 Å². The number of hydrogen-bond acceptors (Lipinski definition) is 3. The van der Waals surface area contributed by atoms with E-state index < -0.39 is 0 Å². The van der Waals surface area contributed by atoms with Crippen molar-refractivity contribution in [2.24, 2.45) is 0 Å². The topological polar surface area (TPSA) is 24.5 Å². The molecule has 1 heterocycles. The van der Waals surface area contributed by atoms with Crippen LogP contribution in [0, 0.1) is 0 Å². The van der Waals surface area contributed by atoms with E-state index >= 15 is 0 Å². The molecule has 1 rings (SSSR count). The molecule has 1 aliphatic heterocycles. The second-order valence-electron chi connectivity index (χ2n) is 4.28. The Morgan fingerprint density at radius 2 is 2.00 bits per heavy atom. The van der Waals surface area contributed by atoms with Crippen molar-refractivity contribution >= 4 is 0 Å². The van der Waals surface area contributed by atoms with Crippen molar-refractivity contribution in [1.29, 1.82) is 0 Å². The number of nitrogens with one attached hydrogen (secondary N) is 1. The largest absolute Gasteiger partial charge is 0.383 e. The first-order valence-electron chi connectivity index (χ1n) is 5.09. The van der Waals surface area contributed by atoms with Gasteiger partial charge in [-0.15, -0.1) is 0 Å². The third kappa shape index (κ3) is 3.63. The Balaban J connectivity index is 2.22. The number of ether oxygens (including phenoxy) is 1. The van der Waals surface area contributed by atoms with Crippen LogP contribution in [-0.2, 0) is 4.74 Å². The highest BCUT2D eigenvalue weighted by Crippen LogP contribution is 2.20. The Kier molecular flexibility index (Phi) is 4.16. The van der Waals surface area contributed by atoms with Crippen LogP contribution in [0.25, 0.3) is 0 Å². The lowest BCUT2D eigenvalue weighted by atomic mass is 9.90. The molecule has 0 aromatic heterocycles. The molecule has 0 unspecified atom stereocenters. The standard InChI is InChI=1S/C10H22N2O/c1-10(11-6-9-13-3)4-7-12(2)8-5-10/h11H,4-9H2,1-3H3. The number of nitrogens with zero attached hydrogens (tertiary/aromatic N) is 1. The van der Waals surface area contributed by atoms with Crippen LogP contribution in [0.5, 0.6) is 0 Å². The second-order valence-corrected chi connectivity index (χ2v) is 4.28. The first kappa shape index (κ1) is 11.0. The fourth-order valence-electron chi connectivity index (χ4n) is 1.74. The summed E-state index contributed by atoms with van der Waals surface area (Å²) in [6.45, 7) is 6.50. The van der Waals surface area contributed by atoms with Crippen LogP contribution in [0.4, 0.5) is 0 Å². The molecule has 3 nitrogen and oxygen atoms in total. The first-order chi connectivity index (χ1) is 6.16. The van der Waals surface area contributed by atoms with Gasteiger partial charge in [0.15, 0.2) is 0 Å². The van der Waals surface area contributed by atoms with Crippen molar-refractivity contribution in [2.75, 3.05) is 40.4 Å². The normalized spacial score (nSPS) is 23.3. The fourth-order valence-corrected chi connectivity index (χ4v) is 1.74. The number of hydrogen-bond donors (Lipinski definition) is 1. The second kappa shape index (κ2) is 4.94. The Morgan fingerprint density at radius 3 is 2.54 bits per heavy atom. The van der Waals surface area contributed by atoms with E-state index in [1.807, 2.05) is 0 Å². The lowest BCUT2D eigenvalue weighted by molar-refractivity contribution is 0.146. The molecular weight excluding hydrogens is 164 g/mol. The molecule has 1 saturated heterocycles. The SMILES string of the molecule is COCCNC1(C)CCN(C)CC1. The highest BCUT2D eigenvalue weighted by Gasteiger charge is 2.27. The lowest BCUT2D eigenvalue weighted by Gasteiger charge is -2.38. The predicted octanol–water partition coefficient (Wildman–Crippen LogP) is 0.707. The quantitative estimate of drug-likeness (QED) is 0.654. The number of rotatable bonds is 4. The van der Waals surface area contributed by atoms with Crippen molar-refractivity contribution in [3.8, 4) is 0 Å². The summed E-state index contributed by atoms with van der Waals surface area (Å²) in [4.78, 5) is 2.39. The molecule has 0 saturated carbocycles. The van der Waals surface area contributed by atoms with Gasteiger partial charge in [-0.2, -0.15) is 0 Å². The maximum atomic E-state index is 5.03. The third-order valence-corrected chi connectivity index (χ3v) is 2.95. The van der Waals surface area contributed by atoms with E-state index in [0.717, 1.165) is 13.2 Å². The van der Waals surface area contributed by atoms with E-state index in [4.69, 9.17) is 4.74 Å². The van der Waals surface area contributed by atoms with E-state index in [0.29, 0.717) is 5.54 Å². The molecule has 78 valence electrons. The third-order valence-electron chi connectivity index (χ3n) is 2.95. The van der Waals surface area contributed by atoms with Crippen LogP contribution in [0.3, 0.4) is 0 Å². The van der Waals surface area contributed by atoms with Crippen molar-refractivity contribution in [3.63, 3.8) is 0 Å². The van der Waals surface area contributed by atoms with Gasteiger partial charge in [0, 0.05) is 19.2 Å². The molecule has 1 N–H and O–H groups in total. The minimum atomic E-state index is 0.338. The summed E-state index contributed by atoms with van der Waals surface area (Å²) in [7, 11) is 3.94. The lowest BCUT2D eigenvalue weighted by Crippen LogP contribution is -2.51. The Bertz CT molecular complexity index is 142. The van der Waals surface area contributed by atoms with Gasteiger partial charge < -0.3 is 15.0 Å². The maximum Gasteiger partial charge on any atom is 0.0587 e. The van der Waals surface area contributed by atoms with E-state index in [2.05, 4.69) is 24.2 Å². The van der Waals surface area contributed by atoms with Gasteiger partial charge in [-0.1, -0.05) is 0 Å². The molecule has 1 aliphatic rings. The average molecular weight is 186 g/mol. The molecule has 0 aromatic rings. The highest BCUT2D eigenvalue weighted by molar-refractivity contribution is 4.88. The van der Waals surface area contributed by atoms with Gasteiger partial charge in [-0.3, -0.25) is 0 Å². The monoisotopic (exact) mass is 186 g/mol. The van der Waals surface area contributed by atoms with Crippen molar-refractivity contribution in [2.45, 2.75) is 25.3 Å². The molecule has 0 atom stereocenters. The molecule has 0 radical (unpaired) electrons. The maximum absolute atomic E-state index is 5.03. The van der Waals surface area contributed by atoms with Crippen LogP contribution in [-0.4, -0.2) is 50.8 Å². The van der Waals surface area contributed by atoms with Gasteiger partial charge in [0.05, 0.1) is 6.61 Å². The minimum Gasteiger partial charge on any atom is -0.383 e. The zero-order chi connectivity index (χ0) is 9.73. The minimum absolute atomic E-state index is 0.338. The van der Waals surface area contributed by atoms with Crippen LogP contribution >= 0.6 is 0 Å². The molecular formula is C10H22N2O. The summed E-state index contributed by atoms with van der Waals surface area (Å²) >= 11 is 0. The summed E-state index contributed by atoms with van der Waals surface area (Å²) in [6, 6.07) is 0. The summed E-state index contributed by atoms with van der Waals surface area (Å²) in [5, 5.41) is 3.57. The Labute approximate surface area is 81.4 Å². The van der Waals surface area contributed by atoms with E-state index in [1.165, 1.54) is 25.9 Å². The van der Waals surface area contributed by atoms with Crippen molar-refractivity contribution < 1.29 is 4.74 Å². The highest BCUT2D eigenvalue weighted by atomic mass is 16.5. The van der Waals surface area contributed by atoms with Crippen LogP contribution in [0.1, 0.15) is 19.8 Å². The molecule has 1 fully saturated rings. The van der Waals surface area contributed by atoms with E-state index in [1.54, 1.807) is 7.11 Å². The molecule has 0 spiro atoms. The summed E-state index contributed by atoms with van der Waals surface area (Å²) in [6.07, 6.45) is 2.49. The van der Waals surface area contributed by atoms with Crippen LogP contribution in [0.15, 0.2) is 0 Å². The molecule has 13 heavy (non-hydrogen) atoms. The number of likely N-dealkylation sites (tertiary alicyclic amines) is 1. The van der Waals surface area contributed by atoms with E-state index in [-0.39, 0.29) is 0 Å². The van der Waals surface area contributed by atoms with Gasteiger partial charge in [0.2, 0.25) is 0 Å². The molecule has 0 amide bonds. The van der Waals surface area contributed by atoms with Gasteiger partial charge in [-0.25, -0.2) is 0 Å². The van der Waals surface area contributed by atoms with E-state index in [9.17, 15) is 0 Å². The molecule has 0 bridgehead atoms. The Morgan fingerprint density at radius 1 is 1.38 bits per heavy atom. The first-order valence-corrected chi connectivity index (χ1v) is 5.09.